The van der Waals surface area contributed by atoms with Gasteiger partial charge in [0.1, 0.15) is 0 Å². The molecule has 0 aliphatic heterocycles. The zero-order valence-electron chi connectivity index (χ0n) is 10.8. The van der Waals surface area contributed by atoms with Crippen molar-refractivity contribution in [3.63, 3.8) is 0 Å². The minimum atomic E-state index is -0.691. The van der Waals surface area contributed by atoms with Gasteiger partial charge in [0.2, 0.25) is 0 Å². The molecule has 0 nitrogen and oxygen atoms in total. The van der Waals surface area contributed by atoms with Gasteiger partial charge in [-0.1, -0.05) is 0 Å². The molecule has 1 atom stereocenters. The molecule has 17 heavy (non-hydrogen) atoms. The first-order valence-electron chi connectivity index (χ1n) is 5.61. The SMILES string of the molecule is CC1=C(C)C[C]([Hf][C]2=C(C)C=CC2C)=C1.Cl.Cl. The van der Waals surface area contributed by atoms with Gasteiger partial charge in [-0.05, 0) is 0 Å². The summed E-state index contributed by atoms with van der Waals surface area (Å²) in [5.74, 6) is 0.732. The third kappa shape index (κ3) is 3.94. The van der Waals surface area contributed by atoms with Crippen LogP contribution in [0.4, 0.5) is 0 Å². The van der Waals surface area contributed by atoms with Crippen molar-refractivity contribution in [2.24, 2.45) is 5.92 Å². The summed E-state index contributed by atoms with van der Waals surface area (Å²) < 4.78 is 3.60. The molecule has 94 valence electrons. The molecule has 0 saturated heterocycles. The van der Waals surface area contributed by atoms with Gasteiger partial charge in [0, 0.05) is 0 Å². The number of hydrogen-bond acceptors (Lipinski definition) is 0. The van der Waals surface area contributed by atoms with Crippen molar-refractivity contribution in [1.29, 1.82) is 0 Å². The number of allylic oxidation sites excluding steroid dienone is 8. The van der Waals surface area contributed by atoms with E-state index in [1.54, 1.807) is 14.5 Å². The summed E-state index contributed by atoms with van der Waals surface area (Å²) >= 11 is -0.691. The average molecular weight is 438 g/mol. The van der Waals surface area contributed by atoms with Gasteiger partial charge < -0.3 is 0 Å². The molecule has 0 amide bonds. The third-order valence-electron chi connectivity index (χ3n) is 3.33. The minimum absolute atomic E-state index is 0. The summed E-state index contributed by atoms with van der Waals surface area (Å²) in [6.07, 6.45) is 8.41. The van der Waals surface area contributed by atoms with Crippen LogP contribution in [0.5, 0.6) is 0 Å². The normalized spacial score (nSPS) is 22.4. The Bertz CT molecular complexity index is 414. The van der Waals surface area contributed by atoms with Crippen molar-refractivity contribution in [2.75, 3.05) is 0 Å². The van der Waals surface area contributed by atoms with Crippen LogP contribution >= 0.6 is 24.8 Å². The molecule has 2 aliphatic carbocycles. The van der Waals surface area contributed by atoms with E-state index in [0.717, 1.165) is 5.92 Å². The first-order chi connectivity index (χ1) is 7.08. The first kappa shape index (κ1) is 17.4. The van der Waals surface area contributed by atoms with Gasteiger partial charge in [-0.2, -0.15) is 0 Å². The molecular weight excluding hydrogens is 418 g/mol. The Morgan fingerprint density at radius 2 is 1.76 bits per heavy atom. The molecule has 0 aromatic rings. The van der Waals surface area contributed by atoms with Crippen molar-refractivity contribution < 1.29 is 22.9 Å². The van der Waals surface area contributed by atoms with Gasteiger partial charge in [0.05, 0.1) is 0 Å². The summed E-state index contributed by atoms with van der Waals surface area (Å²) in [7, 11) is 0. The molecule has 0 saturated carbocycles. The van der Waals surface area contributed by atoms with Crippen LogP contribution in [-0.4, -0.2) is 0 Å². The monoisotopic (exact) mass is 438 g/mol. The Hall–Kier alpha value is 0.410. The van der Waals surface area contributed by atoms with E-state index in [9.17, 15) is 0 Å². The fraction of sp³-hybridized carbons (Fsp3) is 0.429. The molecular formula is C14H20Cl2Hf. The number of halogens is 2. The number of rotatable bonds is 2. The molecule has 3 heteroatoms. The van der Waals surface area contributed by atoms with Crippen LogP contribution in [0.15, 0.2) is 41.6 Å². The van der Waals surface area contributed by atoms with Crippen molar-refractivity contribution in [2.45, 2.75) is 34.1 Å². The van der Waals surface area contributed by atoms with Crippen LogP contribution in [-0.2, 0) is 22.9 Å². The van der Waals surface area contributed by atoms with Crippen molar-refractivity contribution in [1.82, 2.24) is 0 Å². The molecule has 0 fully saturated rings. The van der Waals surface area contributed by atoms with Crippen LogP contribution in [0.25, 0.3) is 0 Å². The fourth-order valence-electron chi connectivity index (χ4n) is 2.16. The van der Waals surface area contributed by atoms with E-state index >= 15 is 0 Å². The van der Waals surface area contributed by atoms with E-state index in [2.05, 4.69) is 45.9 Å². The first-order valence-corrected chi connectivity index (χ1v) is 9.20. The third-order valence-corrected chi connectivity index (χ3v) is 9.66. The second-order valence-electron chi connectivity index (χ2n) is 4.68. The van der Waals surface area contributed by atoms with E-state index in [4.69, 9.17) is 0 Å². The van der Waals surface area contributed by atoms with Gasteiger partial charge in [-0.15, -0.1) is 24.8 Å². The van der Waals surface area contributed by atoms with Crippen LogP contribution < -0.4 is 0 Å². The molecule has 2 rings (SSSR count). The van der Waals surface area contributed by atoms with Crippen LogP contribution in [0.1, 0.15) is 34.1 Å². The molecule has 0 bridgehead atoms. The largest absolute Gasteiger partial charge is 0.147 e. The smallest absolute Gasteiger partial charge is 0.147 e. The summed E-state index contributed by atoms with van der Waals surface area (Å²) in [6, 6.07) is 0. The summed E-state index contributed by atoms with van der Waals surface area (Å²) in [6.45, 7) is 9.16. The topological polar surface area (TPSA) is 0 Å². The maximum Gasteiger partial charge on any atom is -0.147 e. The second-order valence-corrected chi connectivity index (χ2v) is 9.82. The Morgan fingerprint density at radius 3 is 2.18 bits per heavy atom. The molecule has 0 aromatic carbocycles. The molecule has 1 unspecified atom stereocenters. The van der Waals surface area contributed by atoms with Gasteiger partial charge in [0.15, 0.2) is 0 Å². The maximum atomic E-state index is 2.46. The zero-order valence-corrected chi connectivity index (χ0v) is 16.1. The Morgan fingerprint density at radius 1 is 1.12 bits per heavy atom. The van der Waals surface area contributed by atoms with E-state index in [0.29, 0.717) is 0 Å². The van der Waals surface area contributed by atoms with Gasteiger partial charge in [-0.25, -0.2) is 0 Å². The summed E-state index contributed by atoms with van der Waals surface area (Å²) in [4.78, 5) is 0. The molecule has 0 radical (unpaired) electrons. The second kappa shape index (κ2) is 7.11. The van der Waals surface area contributed by atoms with Gasteiger partial charge in [0.25, 0.3) is 0 Å². The predicted molar refractivity (Wildman–Crippen MR) is 76.6 cm³/mol. The summed E-state index contributed by atoms with van der Waals surface area (Å²) in [5.41, 5.74) is 4.68. The van der Waals surface area contributed by atoms with Gasteiger partial charge >= 0.3 is 105 Å². The Balaban J connectivity index is 0.00000128. The molecule has 2 aliphatic rings. The standard InChI is InChI=1S/2C7H9.2ClH.Hf/c1-6-3-4-7(2)5-6;1-6-4-3-5-7(6)2;;;/h3-4,6H,1-2H3;4H,5H2,1-2H3;2*1H;. The van der Waals surface area contributed by atoms with Crippen molar-refractivity contribution in [3.05, 3.63) is 41.6 Å². The van der Waals surface area contributed by atoms with Crippen molar-refractivity contribution in [3.8, 4) is 0 Å². The van der Waals surface area contributed by atoms with Crippen molar-refractivity contribution >= 4 is 24.8 Å². The van der Waals surface area contributed by atoms with E-state index in [1.165, 1.54) is 12.0 Å². The average Bonchev–Trinajstić information content (AvgIpc) is 2.64. The predicted octanol–water partition coefficient (Wildman–Crippen LogP) is 5.02. The Labute approximate surface area is 129 Å². The molecule has 0 N–H and O–H groups in total. The molecule has 0 heterocycles. The van der Waals surface area contributed by atoms with Gasteiger partial charge in [-0.3, -0.25) is 0 Å². The van der Waals surface area contributed by atoms with E-state index < -0.39 is 22.9 Å². The molecule has 0 spiro atoms. The molecule has 0 aromatic heterocycles. The van der Waals surface area contributed by atoms with E-state index in [1.807, 2.05) is 3.33 Å². The number of hydrogen-bond donors (Lipinski definition) is 0. The van der Waals surface area contributed by atoms with Crippen LogP contribution in [0.3, 0.4) is 0 Å². The Kier molecular flexibility index (Phi) is 7.28. The van der Waals surface area contributed by atoms with Crippen LogP contribution in [0.2, 0.25) is 0 Å². The maximum absolute atomic E-state index is 2.46. The zero-order chi connectivity index (χ0) is 11.0. The van der Waals surface area contributed by atoms with E-state index in [-0.39, 0.29) is 24.8 Å². The van der Waals surface area contributed by atoms with Crippen LogP contribution in [0, 0.1) is 5.92 Å². The quantitative estimate of drug-likeness (QED) is 0.532. The summed E-state index contributed by atoms with van der Waals surface area (Å²) in [5, 5.41) is 0. The minimum Gasteiger partial charge on any atom is -0.147 e. The fourth-order valence-corrected chi connectivity index (χ4v) is 7.88.